The first kappa shape index (κ1) is 19.4. The van der Waals surface area contributed by atoms with Crippen LogP contribution in [0.3, 0.4) is 0 Å². The summed E-state index contributed by atoms with van der Waals surface area (Å²) in [6.07, 6.45) is 2.99. The Morgan fingerprint density at radius 2 is 1.74 bits per heavy atom. The molecule has 0 aromatic heterocycles. The van der Waals surface area contributed by atoms with Gasteiger partial charge >= 0.3 is 0 Å². The first-order valence-electron chi connectivity index (χ1n) is 7.87. The van der Waals surface area contributed by atoms with Gasteiger partial charge in [-0.15, -0.1) is 0 Å². The zero-order valence-corrected chi connectivity index (χ0v) is 15.1. The Hall–Kier alpha value is -1.69. The summed E-state index contributed by atoms with van der Waals surface area (Å²) in [5.41, 5.74) is -0.378. The van der Waals surface area contributed by atoms with Crippen molar-refractivity contribution in [3.05, 3.63) is 30.3 Å². The topological polar surface area (TPSA) is 75.6 Å². The van der Waals surface area contributed by atoms with Crippen molar-refractivity contribution < 1.29 is 13.2 Å². The molecule has 1 aromatic carbocycles. The van der Waals surface area contributed by atoms with Crippen LogP contribution in [0.1, 0.15) is 53.4 Å². The van der Waals surface area contributed by atoms with Crippen LogP contribution >= 0.6 is 0 Å². The second kappa shape index (κ2) is 8.24. The number of hydrogen-bond acceptors (Lipinski definition) is 3. The van der Waals surface area contributed by atoms with Crippen LogP contribution in [0.25, 0.3) is 0 Å². The summed E-state index contributed by atoms with van der Waals surface area (Å²) < 4.78 is 28.6. The molecule has 0 fully saturated rings. The number of nitrogens with zero attached hydrogens (tertiary/aromatic N) is 1. The van der Waals surface area contributed by atoms with Gasteiger partial charge in [-0.3, -0.25) is 4.79 Å². The standard InChI is InChI=1S/C17H26N2O3S/c1-5-6-8-13-15(16(20)18-17(2,3)4)19-23(21,22)14-11-9-7-10-12-14/h7,9-12H,5-6,8,13H2,1-4H3,(H,18,20)/b19-15+. The van der Waals surface area contributed by atoms with Crippen LogP contribution in [-0.2, 0) is 14.8 Å². The fourth-order valence-corrected chi connectivity index (χ4v) is 3.02. The highest BCUT2D eigenvalue weighted by Gasteiger charge is 2.22. The molecule has 0 saturated heterocycles. The summed E-state index contributed by atoms with van der Waals surface area (Å²) in [5, 5.41) is 2.79. The van der Waals surface area contributed by atoms with E-state index in [9.17, 15) is 13.2 Å². The lowest BCUT2D eigenvalue weighted by Gasteiger charge is -2.21. The Morgan fingerprint density at radius 3 is 2.26 bits per heavy atom. The second-order valence-electron chi connectivity index (χ2n) is 6.49. The SMILES string of the molecule is CCCCC/C(=N\S(=O)(=O)c1ccccc1)C(=O)NC(C)(C)C. The van der Waals surface area contributed by atoms with E-state index in [1.165, 1.54) is 12.1 Å². The van der Waals surface area contributed by atoms with Gasteiger partial charge in [0.1, 0.15) is 5.71 Å². The van der Waals surface area contributed by atoms with E-state index < -0.39 is 21.5 Å². The van der Waals surface area contributed by atoms with Crippen LogP contribution in [0.4, 0.5) is 0 Å². The molecule has 0 aliphatic rings. The van der Waals surface area contributed by atoms with Crippen molar-refractivity contribution in [2.45, 2.75) is 63.8 Å². The monoisotopic (exact) mass is 338 g/mol. The van der Waals surface area contributed by atoms with Crippen LogP contribution in [0.5, 0.6) is 0 Å². The Bertz CT molecular complexity index is 644. The molecule has 5 nitrogen and oxygen atoms in total. The molecular formula is C17H26N2O3S. The van der Waals surface area contributed by atoms with Gasteiger partial charge < -0.3 is 5.32 Å². The number of unbranched alkanes of at least 4 members (excludes halogenated alkanes) is 2. The van der Waals surface area contributed by atoms with Crippen molar-refractivity contribution in [3.8, 4) is 0 Å². The molecule has 128 valence electrons. The average Bonchev–Trinajstić information content (AvgIpc) is 2.45. The van der Waals surface area contributed by atoms with E-state index in [-0.39, 0.29) is 10.6 Å². The van der Waals surface area contributed by atoms with Gasteiger partial charge in [-0.1, -0.05) is 38.0 Å². The van der Waals surface area contributed by atoms with Crippen molar-refractivity contribution >= 4 is 21.6 Å². The Kier molecular flexibility index (Phi) is 6.94. The number of nitrogens with one attached hydrogen (secondary N) is 1. The fourth-order valence-electron chi connectivity index (χ4n) is 1.95. The highest BCUT2D eigenvalue weighted by molar-refractivity contribution is 7.90. The van der Waals surface area contributed by atoms with E-state index in [0.29, 0.717) is 6.42 Å². The van der Waals surface area contributed by atoms with Gasteiger partial charge in [0.2, 0.25) is 0 Å². The fraction of sp³-hybridized carbons (Fsp3) is 0.529. The predicted octanol–water partition coefficient (Wildman–Crippen LogP) is 3.31. The molecule has 0 radical (unpaired) electrons. The minimum atomic E-state index is -3.87. The summed E-state index contributed by atoms with van der Waals surface area (Å²) >= 11 is 0. The minimum Gasteiger partial charge on any atom is -0.346 e. The molecule has 23 heavy (non-hydrogen) atoms. The van der Waals surface area contributed by atoms with Crippen molar-refractivity contribution in [1.82, 2.24) is 5.32 Å². The van der Waals surface area contributed by atoms with Crippen LogP contribution in [0, 0.1) is 0 Å². The van der Waals surface area contributed by atoms with Gasteiger partial charge in [-0.25, -0.2) is 0 Å². The Balaban J connectivity index is 3.09. The lowest BCUT2D eigenvalue weighted by atomic mass is 10.1. The quantitative estimate of drug-likeness (QED) is 0.612. The number of rotatable bonds is 7. The first-order chi connectivity index (χ1) is 10.7. The van der Waals surface area contributed by atoms with Gasteiger partial charge in [0, 0.05) is 5.54 Å². The van der Waals surface area contributed by atoms with Crippen LogP contribution in [0.2, 0.25) is 0 Å². The van der Waals surface area contributed by atoms with Crippen molar-refractivity contribution in [2.75, 3.05) is 0 Å². The van der Waals surface area contributed by atoms with Crippen molar-refractivity contribution in [1.29, 1.82) is 0 Å². The maximum absolute atomic E-state index is 12.4. The molecule has 0 atom stereocenters. The molecular weight excluding hydrogens is 312 g/mol. The molecule has 1 amide bonds. The Labute approximate surface area is 139 Å². The summed E-state index contributed by atoms with van der Waals surface area (Å²) in [4.78, 5) is 12.4. The molecule has 1 aromatic rings. The minimum absolute atomic E-state index is 0.0669. The molecule has 0 bridgehead atoms. The normalized spacial score (nSPS) is 13.0. The molecule has 0 spiro atoms. The van der Waals surface area contributed by atoms with Crippen LogP contribution < -0.4 is 5.32 Å². The summed E-state index contributed by atoms with van der Waals surface area (Å²) in [7, 11) is -3.87. The summed E-state index contributed by atoms with van der Waals surface area (Å²) in [5.74, 6) is -0.423. The predicted molar refractivity (Wildman–Crippen MR) is 93.1 cm³/mol. The average molecular weight is 338 g/mol. The van der Waals surface area contributed by atoms with E-state index in [0.717, 1.165) is 19.3 Å². The van der Waals surface area contributed by atoms with Crippen LogP contribution in [-0.4, -0.2) is 25.6 Å². The molecule has 6 heteroatoms. The zero-order valence-electron chi connectivity index (χ0n) is 14.3. The molecule has 0 aliphatic heterocycles. The molecule has 0 heterocycles. The van der Waals surface area contributed by atoms with Gasteiger partial charge in [0.15, 0.2) is 0 Å². The van der Waals surface area contributed by atoms with Gasteiger partial charge in [-0.05, 0) is 45.7 Å². The van der Waals surface area contributed by atoms with E-state index in [1.54, 1.807) is 18.2 Å². The number of hydrogen-bond donors (Lipinski definition) is 1. The van der Waals surface area contributed by atoms with E-state index >= 15 is 0 Å². The summed E-state index contributed by atoms with van der Waals surface area (Å²) in [6.45, 7) is 7.59. The van der Waals surface area contributed by atoms with Gasteiger partial charge in [-0.2, -0.15) is 12.8 Å². The third kappa shape index (κ3) is 6.95. The molecule has 0 saturated carbocycles. The third-order valence-corrected chi connectivity index (χ3v) is 4.37. The number of carbonyl (C=O) groups excluding carboxylic acids is 1. The largest absolute Gasteiger partial charge is 0.346 e. The van der Waals surface area contributed by atoms with Gasteiger partial charge in [0.05, 0.1) is 4.90 Å². The van der Waals surface area contributed by atoms with Crippen molar-refractivity contribution in [2.24, 2.45) is 4.40 Å². The van der Waals surface area contributed by atoms with E-state index in [1.807, 2.05) is 27.7 Å². The highest BCUT2D eigenvalue weighted by Crippen LogP contribution is 2.14. The van der Waals surface area contributed by atoms with Crippen LogP contribution in [0.15, 0.2) is 39.6 Å². The van der Waals surface area contributed by atoms with E-state index in [2.05, 4.69) is 9.71 Å². The second-order valence-corrected chi connectivity index (χ2v) is 8.09. The summed E-state index contributed by atoms with van der Waals surface area (Å²) in [6, 6.07) is 7.95. The Morgan fingerprint density at radius 1 is 1.13 bits per heavy atom. The molecule has 1 rings (SSSR count). The number of amides is 1. The number of sulfonamides is 1. The maximum Gasteiger partial charge on any atom is 0.282 e. The highest BCUT2D eigenvalue weighted by atomic mass is 32.2. The van der Waals surface area contributed by atoms with Gasteiger partial charge in [0.25, 0.3) is 15.9 Å². The van der Waals surface area contributed by atoms with Crippen molar-refractivity contribution in [3.63, 3.8) is 0 Å². The maximum atomic E-state index is 12.4. The first-order valence-corrected chi connectivity index (χ1v) is 9.31. The number of carbonyl (C=O) groups is 1. The lowest BCUT2D eigenvalue weighted by molar-refractivity contribution is -0.116. The number of benzene rings is 1. The third-order valence-electron chi connectivity index (χ3n) is 3.04. The zero-order chi connectivity index (χ0) is 17.5. The molecule has 1 N–H and O–H groups in total. The molecule has 0 aliphatic carbocycles. The molecule has 0 unspecified atom stereocenters. The van der Waals surface area contributed by atoms with E-state index in [4.69, 9.17) is 0 Å². The smallest absolute Gasteiger partial charge is 0.282 e. The lowest BCUT2D eigenvalue weighted by Crippen LogP contribution is -2.44.